The molecular formula is C9H18F2O. The van der Waals surface area contributed by atoms with Gasteiger partial charge in [-0.05, 0) is 11.3 Å². The summed E-state index contributed by atoms with van der Waals surface area (Å²) in [7, 11) is 0. The molecule has 0 aromatic carbocycles. The third-order valence-electron chi connectivity index (χ3n) is 2.14. The Bertz CT molecular complexity index is 118. The minimum atomic E-state index is -2.64. The highest BCUT2D eigenvalue weighted by Crippen LogP contribution is 2.28. The molecule has 0 bridgehead atoms. The zero-order chi connectivity index (χ0) is 9.78. The number of hydrogen-bond acceptors (Lipinski definition) is 1. The number of hydrogen-bond donors (Lipinski definition) is 0. The fourth-order valence-corrected chi connectivity index (χ4v) is 1.17. The van der Waals surface area contributed by atoms with Crippen molar-refractivity contribution in [1.82, 2.24) is 0 Å². The standard InChI is InChI=1S/C9H18F2O/c1-5-7(9(2,3)4)6-12-8(10)11/h7-8H,5-6H2,1-4H3/t7-/m0/s1. The summed E-state index contributed by atoms with van der Waals surface area (Å²) in [5.74, 6) is 0.200. The van der Waals surface area contributed by atoms with Gasteiger partial charge in [0, 0.05) is 0 Å². The van der Waals surface area contributed by atoms with Crippen molar-refractivity contribution < 1.29 is 13.5 Å². The van der Waals surface area contributed by atoms with Gasteiger partial charge in [-0.25, -0.2) is 0 Å². The van der Waals surface area contributed by atoms with Crippen LogP contribution in [0.25, 0.3) is 0 Å². The van der Waals surface area contributed by atoms with Crippen molar-refractivity contribution in [3.8, 4) is 0 Å². The molecule has 0 amide bonds. The Morgan fingerprint density at radius 1 is 1.25 bits per heavy atom. The predicted molar refractivity (Wildman–Crippen MR) is 45.2 cm³/mol. The minimum Gasteiger partial charge on any atom is -0.323 e. The van der Waals surface area contributed by atoms with Crippen molar-refractivity contribution in [3.63, 3.8) is 0 Å². The molecule has 1 nitrogen and oxygen atoms in total. The van der Waals surface area contributed by atoms with Crippen molar-refractivity contribution in [2.45, 2.75) is 40.7 Å². The van der Waals surface area contributed by atoms with E-state index in [2.05, 4.69) is 4.74 Å². The van der Waals surface area contributed by atoms with E-state index in [1.54, 1.807) is 0 Å². The number of halogens is 2. The zero-order valence-electron chi connectivity index (χ0n) is 8.23. The summed E-state index contributed by atoms with van der Waals surface area (Å²) in [6.07, 6.45) is 0.871. The summed E-state index contributed by atoms with van der Waals surface area (Å²) in [4.78, 5) is 0. The van der Waals surface area contributed by atoms with Gasteiger partial charge in [0.2, 0.25) is 0 Å². The van der Waals surface area contributed by atoms with Crippen LogP contribution < -0.4 is 0 Å². The second-order valence-electron chi connectivity index (χ2n) is 4.07. The second-order valence-corrected chi connectivity index (χ2v) is 4.07. The molecule has 0 radical (unpaired) electrons. The lowest BCUT2D eigenvalue weighted by atomic mass is 9.80. The lowest BCUT2D eigenvalue weighted by Crippen LogP contribution is -2.25. The normalized spacial score (nSPS) is 15.2. The van der Waals surface area contributed by atoms with E-state index in [0.29, 0.717) is 0 Å². The minimum absolute atomic E-state index is 0.0453. The molecule has 74 valence electrons. The molecule has 3 heteroatoms. The summed E-state index contributed by atoms with van der Waals surface area (Å²) in [5.41, 5.74) is 0.0453. The third-order valence-corrected chi connectivity index (χ3v) is 2.14. The highest BCUT2D eigenvalue weighted by Gasteiger charge is 2.23. The van der Waals surface area contributed by atoms with E-state index >= 15 is 0 Å². The topological polar surface area (TPSA) is 9.23 Å². The van der Waals surface area contributed by atoms with Crippen LogP contribution in [-0.4, -0.2) is 13.2 Å². The van der Waals surface area contributed by atoms with E-state index in [1.807, 2.05) is 27.7 Å². The fourth-order valence-electron chi connectivity index (χ4n) is 1.17. The second kappa shape index (κ2) is 4.75. The average Bonchev–Trinajstić information content (AvgIpc) is 1.85. The number of ether oxygens (including phenoxy) is 1. The van der Waals surface area contributed by atoms with Gasteiger partial charge < -0.3 is 4.74 Å². The van der Waals surface area contributed by atoms with Crippen LogP contribution in [-0.2, 0) is 4.74 Å². The van der Waals surface area contributed by atoms with Crippen LogP contribution in [0.15, 0.2) is 0 Å². The summed E-state index contributed by atoms with van der Waals surface area (Å²) >= 11 is 0. The van der Waals surface area contributed by atoms with Gasteiger partial charge in [0.1, 0.15) is 0 Å². The molecule has 0 fully saturated rings. The lowest BCUT2D eigenvalue weighted by molar-refractivity contribution is -0.145. The Morgan fingerprint density at radius 3 is 2.00 bits per heavy atom. The number of rotatable bonds is 4. The smallest absolute Gasteiger partial charge is 0.323 e. The van der Waals surface area contributed by atoms with Crippen LogP contribution in [0, 0.1) is 11.3 Å². The van der Waals surface area contributed by atoms with Crippen LogP contribution in [0.2, 0.25) is 0 Å². The largest absolute Gasteiger partial charge is 0.345 e. The Balaban J connectivity index is 3.84. The fraction of sp³-hybridized carbons (Fsp3) is 1.00. The van der Waals surface area contributed by atoms with E-state index in [-0.39, 0.29) is 17.9 Å². The van der Waals surface area contributed by atoms with Crippen molar-refractivity contribution in [2.24, 2.45) is 11.3 Å². The molecule has 1 atom stereocenters. The highest BCUT2D eigenvalue weighted by molar-refractivity contribution is 4.72. The van der Waals surface area contributed by atoms with Gasteiger partial charge in [0.15, 0.2) is 0 Å². The predicted octanol–water partition coefficient (Wildman–Crippen LogP) is 3.30. The van der Waals surface area contributed by atoms with E-state index in [4.69, 9.17) is 0 Å². The van der Waals surface area contributed by atoms with Gasteiger partial charge in [-0.1, -0.05) is 34.1 Å². The summed E-state index contributed by atoms with van der Waals surface area (Å²) in [6, 6.07) is 0. The van der Waals surface area contributed by atoms with Gasteiger partial charge in [0.05, 0.1) is 6.61 Å². The summed E-state index contributed by atoms with van der Waals surface area (Å²) in [5, 5.41) is 0. The molecule has 0 heterocycles. The van der Waals surface area contributed by atoms with Crippen LogP contribution >= 0.6 is 0 Å². The highest BCUT2D eigenvalue weighted by atomic mass is 19.3. The molecule has 0 rings (SSSR count). The first-order valence-corrected chi connectivity index (χ1v) is 4.27. The summed E-state index contributed by atoms with van der Waals surface area (Å²) in [6.45, 7) is 5.62. The molecule has 0 N–H and O–H groups in total. The Morgan fingerprint density at radius 2 is 1.75 bits per heavy atom. The van der Waals surface area contributed by atoms with Crippen molar-refractivity contribution >= 4 is 0 Å². The molecule has 12 heavy (non-hydrogen) atoms. The molecule has 0 aliphatic heterocycles. The third kappa shape index (κ3) is 4.65. The van der Waals surface area contributed by atoms with Gasteiger partial charge in [0.25, 0.3) is 0 Å². The first-order chi connectivity index (χ1) is 5.38. The molecule has 0 aromatic rings. The molecule has 0 saturated heterocycles. The lowest BCUT2D eigenvalue weighted by Gasteiger charge is -2.29. The van der Waals surface area contributed by atoms with Gasteiger partial charge >= 0.3 is 6.61 Å². The maximum Gasteiger partial charge on any atom is 0.345 e. The molecule has 0 spiro atoms. The maximum absolute atomic E-state index is 11.7. The Kier molecular flexibility index (Phi) is 4.68. The van der Waals surface area contributed by atoms with Crippen molar-refractivity contribution in [3.05, 3.63) is 0 Å². The van der Waals surface area contributed by atoms with Crippen LogP contribution in [0.3, 0.4) is 0 Å². The number of alkyl halides is 2. The van der Waals surface area contributed by atoms with E-state index in [1.165, 1.54) is 0 Å². The van der Waals surface area contributed by atoms with Crippen LogP contribution in [0.5, 0.6) is 0 Å². The molecule has 0 aliphatic carbocycles. The molecule has 0 aromatic heterocycles. The maximum atomic E-state index is 11.7. The quantitative estimate of drug-likeness (QED) is 0.645. The molecule has 0 aliphatic rings. The average molecular weight is 180 g/mol. The molecular weight excluding hydrogens is 162 g/mol. The van der Waals surface area contributed by atoms with Gasteiger partial charge in [-0.3, -0.25) is 0 Å². The van der Waals surface area contributed by atoms with E-state index < -0.39 is 6.61 Å². The van der Waals surface area contributed by atoms with Crippen LogP contribution in [0.4, 0.5) is 8.78 Å². The monoisotopic (exact) mass is 180 g/mol. The van der Waals surface area contributed by atoms with Crippen LogP contribution in [0.1, 0.15) is 34.1 Å². The van der Waals surface area contributed by atoms with Gasteiger partial charge in [-0.15, -0.1) is 0 Å². The van der Waals surface area contributed by atoms with E-state index in [0.717, 1.165) is 6.42 Å². The Labute approximate surface area is 73.1 Å². The SMILES string of the molecule is CC[C@@H](COC(F)F)C(C)(C)C. The molecule has 0 saturated carbocycles. The summed E-state index contributed by atoms with van der Waals surface area (Å²) < 4.78 is 27.7. The van der Waals surface area contributed by atoms with Crippen molar-refractivity contribution in [1.29, 1.82) is 0 Å². The Hall–Kier alpha value is -0.180. The first-order valence-electron chi connectivity index (χ1n) is 4.27. The zero-order valence-corrected chi connectivity index (χ0v) is 8.23. The van der Waals surface area contributed by atoms with Crippen molar-refractivity contribution in [2.75, 3.05) is 6.61 Å². The van der Waals surface area contributed by atoms with Gasteiger partial charge in [-0.2, -0.15) is 8.78 Å². The first kappa shape index (κ1) is 11.8. The molecule has 0 unspecified atom stereocenters. The van der Waals surface area contributed by atoms with E-state index in [9.17, 15) is 8.78 Å².